The summed E-state index contributed by atoms with van der Waals surface area (Å²) in [5, 5.41) is 15.7. The molecule has 0 atom stereocenters. The van der Waals surface area contributed by atoms with Crippen LogP contribution in [-0.4, -0.2) is 25.0 Å². The van der Waals surface area contributed by atoms with Crippen LogP contribution in [0.3, 0.4) is 0 Å². The topological polar surface area (TPSA) is 100 Å². The summed E-state index contributed by atoms with van der Waals surface area (Å²) in [5.41, 5.74) is 2.47. The van der Waals surface area contributed by atoms with Crippen molar-refractivity contribution in [1.82, 2.24) is 0 Å². The Kier molecular flexibility index (Phi) is 9.34. The fourth-order valence-corrected chi connectivity index (χ4v) is 3.43. The number of amides is 2. The van der Waals surface area contributed by atoms with E-state index in [1.54, 1.807) is 49.4 Å². The highest BCUT2D eigenvalue weighted by atomic mass is 35.5. The number of hydrogen-bond acceptors (Lipinski definition) is 5. The second-order valence-electron chi connectivity index (χ2n) is 7.54. The molecule has 0 spiro atoms. The number of benzene rings is 3. The first kappa shape index (κ1) is 26.6. The molecule has 36 heavy (non-hydrogen) atoms. The third kappa shape index (κ3) is 7.25. The predicted molar refractivity (Wildman–Crippen MR) is 142 cm³/mol. The molecule has 184 valence electrons. The van der Waals surface area contributed by atoms with Crippen LogP contribution in [0.15, 0.2) is 66.2 Å². The number of nitriles is 1. The molecule has 9 heteroatoms. The number of aryl methyl sites for hydroxylation is 1. The van der Waals surface area contributed by atoms with Crippen molar-refractivity contribution in [3.63, 3.8) is 0 Å². The largest absolute Gasteiger partial charge is 0.490 e. The zero-order valence-corrected chi connectivity index (χ0v) is 21.1. The summed E-state index contributed by atoms with van der Waals surface area (Å²) >= 11 is 11.9. The number of ether oxygens (including phenoxy) is 2. The number of halogens is 2. The summed E-state index contributed by atoms with van der Waals surface area (Å²) in [6.45, 7) is 3.73. The van der Waals surface area contributed by atoms with Crippen LogP contribution in [-0.2, 0) is 9.59 Å². The predicted octanol–water partition coefficient (Wildman–Crippen LogP) is 6.26. The van der Waals surface area contributed by atoms with E-state index in [1.807, 2.05) is 25.1 Å². The van der Waals surface area contributed by atoms with Crippen LogP contribution in [0.25, 0.3) is 6.08 Å². The molecule has 0 aromatic heterocycles. The van der Waals surface area contributed by atoms with Gasteiger partial charge in [0.1, 0.15) is 11.6 Å². The van der Waals surface area contributed by atoms with E-state index in [-0.39, 0.29) is 12.2 Å². The number of nitrogens with zero attached hydrogens (tertiary/aromatic N) is 1. The van der Waals surface area contributed by atoms with Crippen LogP contribution in [0.4, 0.5) is 11.4 Å². The van der Waals surface area contributed by atoms with Crippen molar-refractivity contribution in [2.45, 2.75) is 13.8 Å². The molecule has 7 nitrogen and oxygen atoms in total. The van der Waals surface area contributed by atoms with Gasteiger partial charge in [-0.15, -0.1) is 0 Å². The normalized spacial score (nSPS) is 10.8. The number of carbonyl (C=O) groups excluding carboxylic acids is 2. The Labute approximate surface area is 219 Å². The van der Waals surface area contributed by atoms with E-state index in [9.17, 15) is 14.9 Å². The molecule has 0 aliphatic heterocycles. The molecule has 0 saturated carbocycles. The maximum atomic E-state index is 12.6. The van der Waals surface area contributed by atoms with Crippen LogP contribution in [0.1, 0.15) is 18.1 Å². The number of carbonyl (C=O) groups is 2. The van der Waals surface area contributed by atoms with Crippen molar-refractivity contribution in [3.05, 3.63) is 87.4 Å². The highest BCUT2D eigenvalue weighted by Gasteiger charge is 2.13. The zero-order chi connectivity index (χ0) is 26.1. The number of para-hydroxylation sites is 1. The lowest BCUT2D eigenvalue weighted by molar-refractivity contribution is -0.118. The van der Waals surface area contributed by atoms with Gasteiger partial charge in [0.25, 0.3) is 11.8 Å². The third-order valence-electron chi connectivity index (χ3n) is 4.90. The minimum atomic E-state index is -0.524. The molecule has 3 rings (SSSR count). The highest BCUT2D eigenvalue weighted by molar-refractivity contribution is 6.42. The zero-order valence-electron chi connectivity index (χ0n) is 19.6. The van der Waals surface area contributed by atoms with Gasteiger partial charge in [-0.25, -0.2) is 0 Å². The summed E-state index contributed by atoms with van der Waals surface area (Å²) in [5.74, 6) is -0.227. The SMILES string of the molecule is CCOc1cc(/C=C(/C#N)C(=O)Nc2ccccc2C)ccc1OCC(=O)Nc1ccc(Cl)c(Cl)c1. The summed E-state index contributed by atoms with van der Waals surface area (Å²) in [7, 11) is 0. The van der Waals surface area contributed by atoms with Gasteiger partial charge in [0.15, 0.2) is 18.1 Å². The maximum absolute atomic E-state index is 12.6. The maximum Gasteiger partial charge on any atom is 0.266 e. The van der Waals surface area contributed by atoms with Crippen molar-refractivity contribution >= 4 is 52.5 Å². The van der Waals surface area contributed by atoms with Gasteiger partial charge in [-0.1, -0.05) is 47.5 Å². The molecule has 0 bridgehead atoms. The van der Waals surface area contributed by atoms with Crippen molar-refractivity contribution in [1.29, 1.82) is 5.26 Å². The van der Waals surface area contributed by atoms with Crippen LogP contribution in [0.2, 0.25) is 10.0 Å². The molecule has 0 aliphatic rings. The molecule has 2 N–H and O–H groups in total. The van der Waals surface area contributed by atoms with Gasteiger partial charge >= 0.3 is 0 Å². The van der Waals surface area contributed by atoms with Gasteiger partial charge in [-0.3, -0.25) is 9.59 Å². The molecule has 0 unspecified atom stereocenters. The lowest BCUT2D eigenvalue weighted by Crippen LogP contribution is -2.20. The first-order chi connectivity index (χ1) is 17.3. The molecule has 3 aromatic rings. The second kappa shape index (κ2) is 12.6. The van der Waals surface area contributed by atoms with Crippen molar-refractivity contribution < 1.29 is 19.1 Å². The molecular formula is C27H23Cl2N3O4. The van der Waals surface area contributed by atoms with Gasteiger partial charge in [0.05, 0.1) is 16.7 Å². The van der Waals surface area contributed by atoms with Crippen molar-refractivity contribution in [2.75, 3.05) is 23.8 Å². The molecule has 0 heterocycles. The average Bonchev–Trinajstić information content (AvgIpc) is 2.85. The Bertz CT molecular complexity index is 1350. The smallest absolute Gasteiger partial charge is 0.266 e. The van der Waals surface area contributed by atoms with Gasteiger partial charge in [-0.2, -0.15) is 5.26 Å². The Morgan fingerprint density at radius 1 is 0.972 bits per heavy atom. The van der Waals surface area contributed by atoms with E-state index in [1.165, 1.54) is 12.1 Å². The minimum absolute atomic E-state index is 0.0737. The van der Waals surface area contributed by atoms with E-state index in [4.69, 9.17) is 32.7 Å². The van der Waals surface area contributed by atoms with Gasteiger partial charge in [0.2, 0.25) is 0 Å². The van der Waals surface area contributed by atoms with E-state index >= 15 is 0 Å². The fraction of sp³-hybridized carbons (Fsp3) is 0.148. The van der Waals surface area contributed by atoms with Gasteiger partial charge < -0.3 is 20.1 Å². The molecule has 0 saturated heterocycles. The monoisotopic (exact) mass is 523 g/mol. The number of anilines is 2. The summed E-state index contributed by atoms with van der Waals surface area (Å²) < 4.78 is 11.3. The summed E-state index contributed by atoms with van der Waals surface area (Å²) in [6, 6.07) is 18.9. The standard InChI is InChI=1S/C27H23Cl2N3O4/c1-3-35-25-13-18(12-19(15-30)27(34)32-23-7-5-4-6-17(23)2)8-11-24(25)36-16-26(33)31-20-9-10-21(28)22(29)14-20/h4-14H,3,16H2,1-2H3,(H,31,33)(H,32,34)/b19-12-. The molecule has 2 amide bonds. The molecule has 0 aliphatic carbocycles. The first-order valence-corrected chi connectivity index (χ1v) is 11.7. The van der Waals surface area contributed by atoms with E-state index in [0.717, 1.165) is 5.56 Å². The fourth-order valence-electron chi connectivity index (χ4n) is 3.13. The lowest BCUT2D eigenvalue weighted by atomic mass is 10.1. The lowest BCUT2D eigenvalue weighted by Gasteiger charge is -2.13. The molecule has 3 aromatic carbocycles. The third-order valence-corrected chi connectivity index (χ3v) is 5.64. The van der Waals surface area contributed by atoms with Gasteiger partial charge in [0, 0.05) is 11.4 Å². The Morgan fingerprint density at radius 2 is 1.75 bits per heavy atom. The van der Waals surface area contributed by atoms with Crippen LogP contribution in [0, 0.1) is 18.3 Å². The van der Waals surface area contributed by atoms with E-state index < -0.39 is 11.8 Å². The molecular weight excluding hydrogens is 501 g/mol. The second-order valence-corrected chi connectivity index (χ2v) is 8.36. The van der Waals surface area contributed by atoms with E-state index in [0.29, 0.717) is 45.1 Å². The van der Waals surface area contributed by atoms with Crippen molar-refractivity contribution in [3.8, 4) is 17.6 Å². The minimum Gasteiger partial charge on any atom is -0.490 e. The summed E-state index contributed by atoms with van der Waals surface area (Å²) in [6.07, 6.45) is 1.46. The van der Waals surface area contributed by atoms with Gasteiger partial charge in [-0.05, 0) is 67.4 Å². The Balaban J connectivity index is 1.71. The first-order valence-electron chi connectivity index (χ1n) is 10.9. The molecule has 0 radical (unpaired) electrons. The average molecular weight is 524 g/mol. The quantitative estimate of drug-likeness (QED) is 0.254. The summed E-state index contributed by atoms with van der Waals surface area (Å²) in [4.78, 5) is 24.9. The number of nitrogens with one attached hydrogen (secondary N) is 2. The Morgan fingerprint density at radius 3 is 2.44 bits per heavy atom. The highest BCUT2D eigenvalue weighted by Crippen LogP contribution is 2.30. The number of rotatable bonds is 9. The van der Waals surface area contributed by atoms with Crippen LogP contribution >= 0.6 is 23.2 Å². The van der Waals surface area contributed by atoms with Crippen LogP contribution in [0.5, 0.6) is 11.5 Å². The Hall–Kier alpha value is -3.99. The number of hydrogen-bond donors (Lipinski definition) is 2. The van der Waals surface area contributed by atoms with E-state index in [2.05, 4.69) is 10.6 Å². The van der Waals surface area contributed by atoms with Crippen LogP contribution < -0.4 is 20.1 Å². The van der Waals surface area contributed by atoms with Crippen molar-refractivity contribution in [2.24, 2.45) is 0 Å². The molecule has 0 fully saturated rings.